The zero-order chi connectivity index (χ0) is 25.7. The molecule has 0 spiro atoms. The van der Waals surface area contributed by atoms with Crippen LogP contribution in [0.2, 0.25) is 0 Å². The highest BCUT2D eigenvalue weighted by atomic mass is 32.2. The molecule has 0 fully saturated rings. The third-order valence-corrected chi connectivity index (χ3v) is 5.36. The summed E-state index contributed by atoms with van der Waals surface area (Å²) in [5.41, 5.74) is 11.4. The van der Waals surface area contributed by atoms with Crippen LogP contribution in [0.25, 0.3) is 0 Å². The van der Waals surface area contributed by atoms with Crippen LogP contribution in [0.5, 0.6) is 0 Å². The summed E-state index contributed by atoms with van der Waals surface area (Å²) in [6.07, 6.45) is 1.34. The second-order valence-corrected chi connectivity index (χ2v) is 8.44. The van der Waals surface area contributed by atoms with Gasteiger partial charge in [0.05, 0.1) is 13.0 Å². The Morgan fingerprint density at radius 1 is 0.941 bits per heavy atom. The first kappa shape index (κ1) is 28.9. The van der Waals surface area contributed by atoms with Crippen LogP contribution in [0.15, 0.2) is 30.3 Å². The molecule has 4 unspecified atom stereocenters. The number of carboxylic acids is 1. The summed E-state index contributed by atoms with van der Waals surface area (Å²) < 4.78 is 0. The molecular formula is C21H31N5O7S. The van der Waals surface area contributed by atoms with Crippen molar-refractivity contribution >= 4 is 41.4 Å². The Morgan fingerprint density at radius 2 is 1.50 bits per heavy atom. The van der Waals surface area contributed by atoms with Crippen molar-refractivity contribution in [3.8, 4) is 0 Å². The lowest BCUT2D eigenvalue weighted by atomic mass is 10.0. The molecule has 9 N–H and O–H groups in total. The number of amides is 4. The molecule has 0 heterocycles. The number of aliphatic hydroxyl groups excluding tert-OH is 1. The normalized spacial score (nSPS) is 14.2. The molecule has 0 aromatic heterocycles. The van der Waals surface area contributed by atoms with E-state index in [9.17, 15) is 29.1 Å². The molecular weight excluding hydrogens is 466 g/mol. The Kier molecular flexibility index (Phi) is 12.6. The van der Waals surface area contributed by atoms with Gasteiger partial charge in [0.15, 0.2) is 0 Å². The molecule has 0 aliphatic carbocycles. The Hall–Kier alpha value is -3.16. The first-order valence-electron chi connectivity index (χ1n) is 10.4. The van der Waals surface area contributed by atoms with Gasteiger partial charge in [-0.25, -0.2) is 4.79 Å². The van der Waals surface area contributed by atoms with E-state index >= 15 is 0 Å². The van der Waals surface area contributed by atoms with Crippen molar-refractivity contribution in [1.29, 1.82) is 0 Å². The fourth-order valence-electron chi connectivity index (χ4n) is 2.87. The van der Waals surface area contributed by atoms with E-state index < -0.39 is 66.8 Å². The number of nitrogens with one attached hydrogen (secondary N) is 3. The zero-order valence-corrected chi connectivity index (χ0v) is 19.5. The molecule has 4 atom stereocenters. The van der Waals surface area contributed by atoms with Crippen molar-refractivity contribution < 1.29 is 34.2 Å². The van der Waals surface area contributed by atoms with Crippen molar-refractivity contribution in [2.24, 2.45) is 11.5 Å². The number of carbonyl (C=O) groups is 5. The molecule has 0 bridgehead atoms. The van der Waals surface area contributed by atoms with Crippen LogP contribution in [-0.4, -0.2) is 82.6 Å². The average Bonchev–Trinajstić information content (AvgIpc) is 2.80. The molecule has 0 aliphatic rings. The van der Waals surface area contributed by atoms with Crippen LogP contribution < -0.4 is 27.4 Å². The molecule has 13 heteroatoms. The highest BCUT2D eigenvalue weighted by molar-refractivity contribution is 7.98. The first-order chi connectivity index (χ1) is 16.1. The van der Waals surface area contributed by atoms with Crippen LogP contribution in [-0.2, 0) is 30.4 Å². The quantitative estimate of drug-likeness (QED) is 0.139. The van der Waals surface area contributed by atoms with Gasteiger partial charge in [-0.05, 0) is 24.0 Å². The molecule has 0 radical (unpaired) electrons. The summed E-state index contributed by atoms with van der Waals surface area (Å²) >= 11 is 1.39. The second-order valence-electron chi connectivity index (χ2n) is 7.45. The Labute approximate surface area is 201 Å². The highest BCUT2D eigenvalue weighted by Crippen LogP contribution is 2.06. The zero-order valence-electron chi connectivity index (χ0n) is 18.7. The van der Waals surface area contributed by atoms with E-state index in [4.69, 9.17) is 16.6 Å². The number of rotatable bonds is 15. The lowest BCUT2D eigenvalue weighted by Crippen LogP contribution is -2.58. The summed E-state index contributed by atoms with van der Waals surface area (Å²) in [5.74, 6) is -4.23. The number of hydrogen-bond acceptors (Lipinski definition) is 8. The number of carbonyl (C=O) groups excluding carboxylic acids is 4. The Balaban J connectivity index is 3.06. The average molecular weight is 498 g/mol. The lowest BCUT2D eigenvalue weighted by Gasteiger charge is -2.24. The number of hydrogen-bond donors (Lipinski definition) is 7. The van der Waals surface area contributed by atoms with Gasteiger partial charge in [0.1, 0.15) is 24.2 Å². The first-order valence-corrected chi connectivity index (χ1v) is 11.8. The second kappa shape index (κ2) is 14.9. The maximum atomic E-state index is 13.0. The third kappa shape index (κ3) is 10.2. The van der Waals surface area contributed by atoms with Gasteiger partial charge in [0.25, 0.3) is 0 Å². The van der Waals surface area contributed by atoms with Crippen LogP contribution in [0, 0.1) is 0 Å². The number of benzene rings is 1. The van der Waals surface area contributed by atoms with E-state index in [1.165, 1.54) is 11.8 Å². The summed E-state index contributed by atoms with van der Waals surface area (Å²) in [4.78, 5) is 60.9. The molecule has 34 heavy (non-hydrogen) atoms. The maximum Gasteiger partial charge on any atom is 0.326 e. The van der Waals surface area contributed by atoms with Crippen LogP contribution in [0.3, 0.4) is 0 Å². The third-order valence-electron chi connectivity index (χ3n) is 4.71. The van der Waals surface area contributed by atoms with Crippen molar-refractivity contribution in [3.05, 3.63) is 35.9 Å². The monoisotopic (exact) mass is 497 g/mol. The highest BCUT2D eigenvalue weighted by Gasteiger charge is 2.31. The number of nitrogens with two attached hydrogens (primary N) is 2. The molecule has 0 saturated carbocycles. The SMILES string of the molecule is CSCCC(NC(=O)C(CC(N)=O)NC(=O)C(Cc1ccccc1)NC(=O)C(N)CO)C(=O)O. The fraction of sp³-hybridized carbons (Fsp3) is 0.476. The largest absolute Gasteiger partial charge is 0.480 e. The van der Waals surface area contributed by atoms with Crippen molar-refractivity contribution in [2.45, 2.75) is 43.4 Å². The lowest BCUT2D eigenvalue weighted by molar-refractivity contribution is -0.142. The van der Waals surface area contributed by atoms with Crippen molar-refractivity contribution in [2.75, 3.05) is 18.6 Å². The van der Waals surface area contributed by atoms with Gasteiger partial charge in [-0.1, -0.05) is 30.3 Å². The van der Waals surface area contributed by atoms with Gasteiger partial charge in [0.2, 0.25) is 23.6 Å². The summed E-state index contributed by atoms with van der Waals surface area (Å²) in [6.45, 7) is -0.648. The molecule has 1 aromatic rings. The summed E-state index contributed by atoms with van der Waals surface area (Å²) in [5, 5.41) is 25.5. The number of carboxylic acid groups (broad SMARTS) is 1. The summed E-state index contributed by atoms with van der Waals surface area (Å²) in [7, 11) is 0. The Morgan fingerprint density at radius 3 is 2.03 bits per heavy atom. The van der Waals surface area contributed by atoms with E-state index in [0.717, 1.165) is 0 Å². The molecule has 1 rings (SSSR count). The molecule has 12 nitrogen and oxygen atoms in total. The smallest absolute Gasteiger partial charge is 0.326 e. The van der Waals surface area contributed by atoms with Gasteiger partial charge >= 0.3 is 5.97 Å². The van der Waals surface area contributed by atoms with Crippen LogP contribution in [0.4, 0.5) is 0 Å². The molecule has 1 aromatic carbocycles. The topological polar surface area (TPSA) is 214 Å². The molecule has 4 amide bonds. The van der Waals surface area contributed by atoms with Crippen molar-refractivity contribution in [3.63, 3.8) is 0 Å². The van der Waals surface area contributed by atoms with E-state index in [2.05, 4.69) is 16.0 Å². The number of thioether (sulfide) groups is 1. The predicted molar refractivity (Wildman–Crippen MR) is 125 cm³/mol. The van der Waals surface area contributed by atoms with E-state index in [0.29, 0.717) is 11.3 Å². The summed E-state index contributed by atoms with van der Waals surface area (Å²) in [6, 6.07) is 3.49. The minimum absolute atomic E-state index is 0.0208. The number of aliphatic hydroxyl groups is 1. The Bertz CT molecular complexity index is 855. The minimum Gasteiger partial charge on any atom is -0.480 e. The fourth-order valence-corrected chi connectivity index (χ4v) is 3.34. The maximum absolute atomic E-state index is 13.0. The van der Waals surface area contributed by atoms with Gasteiger partial charge in [-0.3, -0.25) is 19.2 Å². The predicted octanol–water partition coefficient (Wildman–Crippen LogP) is -2.28. The van der Waals surface area contributed by atoms with E-state index in [-0.39, 0.29) is 12.8 Å². The van der Waals surface area contributed by atoms with Crippen LogP contribution >= 0.6 is 11.8 Å². The molecule has 188 valence electrons. The van der Waals surface area contributed by atoms with Crippen molar-refractivity contribution in [1.82, 2.24) is 16.0 Å². The van der Waals surface area contributed by atoms with Gasteiger partial charge in [0, 0.05) is 6.42 Å². The van der Waals surface area contributed by atoms with Crippen LogP contribution in [0.1, 0.15) is 18.4 Å². The van der Waals surface area contributed by atoms with E-state index in [1.807, 2.05) is 0 Å². The molecule has 0 aliphatic heterocycles. The molecule has 0 saturated heterocycles. The number of aliphatic carboxylic acids is 1. The van der Waals surface area contributed by atoms with Gasteiger partial charge in [-0.15, -0.1) is 0 Å². The number of primary amides is 1. The standard InChI is InChI=1S/C21H31N5O7S/c1-34-8-7-14(21(32)33)24-20(31)16(10-17(23)28)26-19(30)15(25-18(29)13(22)11-27)9-12-5-3-2-4-6-12/h2-6,13-16,27H,7-11,22H2,1H3,(H2,23,28)(H,24,31)(H,25,29)(H,26,30)(H,32,33). The van der Waals surface area contributed by atoms with Gasteiger partial charge < -0.3 is 37.6 Å². The van der Waals surface area contributed by atoms with E-state index in [1.54, 1.807) is 36.6 Å². The minimum atomic E-state index is -1.47. The van der Waals surface area contributed by atoms with Gasteiger partial charge in [-0.2, -0.15) is 11.8 Å².